The summed E-state index contributed by atoms with van der Waals surface area (Å²) in [6, 6.07) is 6.70. The van der Waals surface area contributed by atoms with Crippen LogP contribution in [-0.2, 0) is 24.1 Å². The summed E-state index contributed by atoms with van der Waals surface area (Å²) < 4.78 is 0. The SMILES string of the molecule is CCCC(CCc1cccc2c1CCC2)C(C)=O. The van der Waals surface area contributed by atoms with E-state index in [2.05, 4.69) is 25.1 Å². The Morgan fingerprint density at radius 2 is 2.11 bits per heavy atom. The van der Waals surface area contributed by atoms with E-state index in [9.17, 15) is 4.79 Å². The van der Waals surface area contributed by atoms with Crippen LogP contribution in [0.4, 0.5) is 0 Å². The summed E-state index contributed by atoms with van der Waals surface area (Å²) in [6.07, 6.45) is 8.05. The van der Waals surface area contributed by atoms with Crippen molar-refractivity contribution >= 4 is 5.78 Å². The average Bonchev–Trinajstić information content (AvgIpc) is 2.82. The highest BCUT2D eigenvalue weighted by molar-refractivity contribution is 5.78. The van der Waals surface area contributed by atoms with Gasteiger partial charge in [-0.1, -0.05) is 31.5 Å². The van der Waals surface area contributed by atoms with Crippen LogP contribution in [0.25, 0.3) is 0 Å². The summed E-state index contributed by atoms with van der Waals surface area (Å²) in [5.74, 6) is 0.636. The highest BCUT2D eigenvalue weighted by Gasteiger charge is 2.17. The van der Waals surface area contributed by atoms with Gasteiger partial charge in [-0.3, -0.25) is 4.79 Å². The third-order valence-electron chi connectivity index (χ3n) is 4.22. The van der Waals surface area contributed by atoms with Crippen molar-refractivity contribution in [3.05, 3.63) is 34.9 Å². The molecule has 1 atom stereocenters. The van der Waals surface area contributed by atoms with Gasteiger partial charge in [-0.15, -0.1) is 0 Å². The van der Waals surface area contributed by atoms with Crippen molar-refractivity contribution in [1.82, 2.24) is 0 Å². The molecule has 0 amide bonds. The lowest BCUT2D eigenvalue weighted by atomic mass is 9.90. The minimum Gasteiger partial charge on any atom is -0.300 e. The molecule has 0 heterocycles. The van der Waals surface area contributed by atoms with Crippen LogP contribution in [0, 0.1) is 5.92 Å². The molecule has 2 rings (SSSR count). The number of hydrogen-bond donors (Lipinski definition) is 0. The highest BCUT2D eigenvalue weighted by Crippen LogP contribution is 2.27. The Balaban J connectivity index is 2.01. The molecular weight excluding hydrogens is 220 g/mol. The lowest BCUT2D eigenvalue weighted by Gasteiger charge is -2.14. The summed E-state index contributed by atoms with van der Waals surface area (Å²) in [6.45, 7) is 3.91. The number of benzene rings is 1. The first-order chi connectivity index (χ1) is 8.72. The van der Waals surface area contributed by atoms with Crippen molar-refractivity contribution in [2.45, 2.75) is 58.8 Å². The van der Waals surface area contributed by atoms with E-state index in [1.807, 2.05) is 0 Å². The van der Waals surface area contributed by atoms with E-state index in [1.165, 1.54) is 24.8 Å². The molecular formula is C17H24O. The number of Topliss-reactive ketones (excluding diaryl/α,β-unsaturated/α-hetero) is 1. The Morgan fingerprint density at radius 1 is 1.28 bits per heavy atom. The van der Waals surface area contributed by atoms with Gasteiger partial charge in [-0.05, 0) is 62.1 Å². The first kappa shape index (κ1) is 13.3. The minimum absolute atomic E-state index is 0.271. The number of aryl methyl sites for hydroxylation is 2. The van der Waals surface area contributed by atoms with Gasteiger partial charge in [0.25, 0.3) is 0 Å². The van der Waals surface area contributed by atoms with E-state index in [4.69, 9.17) is 0 Å². The Labute approximate surface area is 111 Å². The van der Waals surface area contributed by atoms with Gasteiger partial charge in [0.15, 0.2) is 0 Å². The molecule has 0 bridgehead atoms. The van der Waals surface area contributed by atoms with E-state index in [0.29, 0.717) is 5.78 Å². The maximum Gasteiger partial charge on any atom is 0.132 e. The Morgan fingerprint density at radius 3 is 2.83 bits per heavy atom. The Kier molecular flexibility index (Phi) is 4.57. The molecule has 1 aromatic carbocycles. The quantitative estimate of drug-likeness (QED) is 0.736. The summed E-state index contributed by atoms with van der Waals surface area (Å²) in [5, 5.41) is 0. The van der Waals surface area contributed by atoms with Gasteiger partial charge in [0.2, 0.25) is 0 Å². The van der Waals surface area contributed by atoms with Crippen molar-refractivity contribution in [2.75, 3.05) is 0 Å². The number of fused-ring (bicyclic) bond motifs is 1. The van der Waals surface area contributed by atoms with Gasteiger partial charge in [-0.2, -0.15) is 0 Å². The molecule has 1 aliphatic rings. The first-order valence-corrected chi connectivity index (χ1v) is 7.32. The second-order valence-corrected chi connectivity index (χ2v) is 5.54. The molecule has 0 radical (unpaired) electrons. The molecule has 0 fully saturated rings. The number of hydrogen-bond acceptors (Lipinski definition) is 1. The predicted octanol–water partition coefficient (Wildman–Crippen LogP) is 4.11. The molecule has 1 unspecified atom stereocenters. The topological polar surface area (TPSA) is 17.1 Å². The molecule has 1 nitrogen and oxygen atoms in total. The largest absolute Gasteiger partial charge is 0.300 e. The van der Waals surface area contributed by atoms with Crippen LogP contribution in [0.3, 0.4) is 0 Å². The van der Waals surface area contributed by atoms with Crippen LogP contribution in [0.2, 0.25) is 0 Å². The zero-order chi connectivity index (χ0) is 13.0. The smallest absolute Gasteiger partial charge is 0.132 e. The van der Waals surface area contributed by atoms with Crippen LogP contribution in [0.1, 0.15) is 56.2 Å². The van der Waals surface area contributed by atoms with Crippen molar-refractivity contribution in [1.29, 1.82) is 0 Å². The molecule has 0 N–H and O–H groups in total. The van der Waals surface area contributed by atoms with Gasteiger partial charge in [0, 0.05) is 5.92 Å². The Hall–Kier alpha value is -1.11. The van der Waals surface area contributed by atoms with Gasteiger partial charge < -0.3 is 0 Å². The van der Waals surface area contributed by atoms with Crippen molar-refractivity contribution in [2.24, 2.45) is 5.92 Å². The summed E-state index contributed by atoms with van der Waals surface area (Å²) in [5.41, 5.74) is 4.62. The standard InChI is InChI=1S/C17H24O/c1-3-6-14(13(2)18)11-12-16-8-4-7-15-9-5-10-17(15)16/h4,7-8,14H,3,5-6,9-12H2,1-2H3. The number of carbonyl (C=O) groups excluding carboxylic acids is 1. The van der Waals surface area contributed by atoms with Crippen molar-refractivity contribution < 1.29 is 4.79 Å². The van der Waals surface area contributed by atoms with Crippen LogP contribution in [0.5, 0.6) is 0 Å². The molecule has 0 aromatic heterocycles. The zero-order valence-electron chi connectivity index (χ0n) is 11.7. The summed E-state index contributed by atoms with van der Waals surface area (Å²) >= 11 is 0. The molecule has 98 valence electrons. The van der Waals surface area contributed by atoms with Gasteiger partial charge in [0.1, 0.15) is 5.78 Å². The van der Waals surface area contributed by atoms with Crippen molar-refractivity contribution in [3.8, 4) is 0 Å². The fourth-order valence-corrected chi connectivity index (χ4v) is 3.16. The molecule has 0 saturated heterocycles. The molecule has 0 aliphatic heterocycles. The van der Waals surface area contributed by atoms with Gasteiger partial charge in [0.05, 0.1) is 0 Å². The maximum absolute atomic E-state index is 11.6. The van der Waals surface area contributed by atoms with Crippen LogP contribution < -0.4 is 0 Å². The van der Waals surface area contributed by atoms with E-state index < -0.39 is 0 Å². The van der Waals surface area contributed by atoms with E-state index in [0.717, 1.165) is 25.7 Å². The molecule has 0 saturated carbocycles. The minimum atomic E-state index is 0.271. The van der Waals surface area contributed by atoms with E-state index in [-0.39, 0.29) is 5.92 Å². The molecule has 0 spiro atoms. The monoisotopic (exact) mass is 244 g/mol. The highest BCUT2D eigenvalue weighted by atomic mass is 16.1. The third-order valence-corrected chi connectivity index (χ3v) is 4.22. The second kappa shape index (κ2) is 6.17. The van der Waals surface area contributed by atoms with Gasteiger partial charge in [-0.25, -0.2) is 0 Å². The zero-order valence-corrected chi connectivity index (χ0v) is 11.7. The summed E-state index contributed by atoms with van der Waals surface area (Å²) in [7, 11) is 0. The number of rotatable bonds is 6. The molecule has 1 heteroatoms. The van der Waals surface area contributed by atoms with Crippen molar-refractivity contribution in [3.63, 3.8) is 0 Å². The molecule has 18 heavy (non-hydrogen) atoms. The maximum atomic E-state index is 11.6. The molecule has 1 aliphatic carbocycles. The molecule has 1 aromatic rings. The van der Waals surface area contributed by atoms with Crippen LogP contribution in [0.15, 0.2) is 18.2 Å². The fraction of sp³-hybridized carbons (Fsp3) is 0.588. The normalized spacial score (nSPS) is 15.4. The fourth-order valence-electron chi connectivity index (χ4n) is 3.16. The van der Waals surface area contributed by atoms with Gasteiger partial charge >= 0.3 is 0 Å². The lowest BCUT2D eigenvalue weighted by Crippen LogP contribution is -2.12. The first-order valence-electron chi connectivity index (χ1n) is 7.32. The van der Waals surface area contributed by atoms with E-state index in [1.54, 1.807) is 18.1 Å². The van der Waals surface area contributed by atoms with E-state index >= 15 is 0 Å². The summed E-state index contributed by atoms with van der Waals surface area (Å²) in [4.78, 5) is 11.6. The lowest BCUT2D eigenvalue weighted by molar-refractivity contribution is -0.121. The predicted molar refractivity (Wildman–Crippen MR) is 75.9 cm³/mol. The average molecular weight is 244 g/mol. The van der Waals surface area contributed by atoms with Crippen LogP contribution in [-0.4, -0.2) is 5.78 Å². The Bertz CT molecular complexity index is 420. The number of ketones is 1. The second-order valence-electron chi connectivity index (χ2n) is 5.54. The number of carbonyl (C=O) groups is 1. The third kappa shape index (κ3) is 3.01. The van der Waals surface area contributed by atoms with Crippen LogP contribution >= 0.6 is 0 Å².